The number of carbonyl (C=O) groups is 1. The molecule has 0 bridgehead atoms. The Hall–Kier alpha value is -1.56. The van der Waals surface area contributed by atoms with Crippen LogP contribution in [0.5, 0.6) is 0 Å². The fraction of sp³-hybridized carbons (Fsp3) is 0.125. The average molecular weight is 209 g/mol. The van der Waals surface area contributed by atoms with Crippen molar-refractivity contribution in [1.82, 2.24) is 14.6 Å². The van der Waals surface area contributed by atoms with E-state index in [2.05, 4.69) is 10.1 Å². The van der Waals surface area contributed by atoms with Crippen molar-refractivity contribution in [3.63, 3.8) is 0 Å². The van der Waals surface area contributed by atoms with E-state index in [1.54, 1.807) is 12.3 Å². The molecule has 0 saturated heterocycles. The molecule has 0 unspecified atom stereocenters. The second-order valence-electron chi connectivity index (χ2n) is 2.60. The molecule has 2 rings (SSSR count). The first-order valence-electron chi connectivity index (χ1n) is 3.84. The van der Waals surface area contributed by atoms with E-state index in [0.717, 1.165) is 5.52 Å². The zero-order valence-corrected chi connectivity index (χ0v) is 8.15. The molecular weight excluding hydrogens is 202 g/mol. The highest BCUT2D eigenvalue weighted by atomic mass is 32.2. The molecule has 0 saturated carbocycles. The van der Waals surface area contributed by atoms with Crippen LogP contribution in [0.15, 0.2) is 23.5 Å². The van der Waals surface area contributed by atoms with Crippen LogP contribution in [-0.2, 0) is 0 Å². The Morgan fingerprint density at radius 3 is 3.07 bits per heavy atom. The van der Waals surface area contributed by atoms with Crippen LogP contribution in [0.3, 0.4) is 0 Å². The Morgan fingerprint density at radius 2 is 2.43 bits per heavy atom. The summed E-state index contributed by atoms with van der Waals surface area (Å²) < 4.78 is 1.52. The van der Waals surface area contributed by atoms with E-state index in [0.29, 0.717) is 5.16 Å². The van der Waals surface area contributed by atoms with Crippen molar-refractivity contribution in [3.8, 4) is 0 Å². The standard InChI is InChI=1S/C8H7N3O2S/c1-14-8-9-3-2-5-4-6(7(12)13)10-11(5)8/h2-4H,1H3,(H,12,13). The molecule has 0 aliphatic carbocycles. The molecule has 0 aliphatic rings. The molecular formula is C8H7N3O2S. The van der Waals surface area contributed by atoms with Gasteiger partial charge in [-0.15, -0.1) is 0 Å². The summed E-state index contributed by atoms with van der Waals surface area (Å²) in [5.74, 6) is -1.03. The normalized spacial score (nSPS) is 10.6. The SMILES string of the molecule is CSc1nccc2cc(C(=O)O)nn12. The molecule has 5 nitrogen and oxygen atoms in total. The van der Waals surface area contributed by atoms with E-state index in [9.17, 15) is 4.79 Å². The third kappa shape index (κ3) is 1.33. The van der Waals surface area contributed by atoms with Crippen molar-refractivity contribution in [2.45, 2.75) is 5.16 Å². The van der Waals surface area contributed by atoms with Gasteiger partial charge in [-0.2, -0.15) is 5.10 Å². The van der Waals surface area contributed by atoms with E-state index >= 15 is 0 Å². The van der Waals surface area contributed by atoms with Gasteiger partial charge in [-0.1, -0.05) is 11.8 Å². The number of hydrogen-bond acceptors (Lipinski definition) is 4. The Labute approximate surface area is 83.8 Å². The highest BCUT2D eigenvalue weighted by Crippen LogP contribution is 2.14. The van der Waals surface area contributed by atoms with Crippen LogP contribution >= 0.6 is 11.8 Å². The highest BCUT2D eigenvalue weighted by molar-refractivity contribution is 7.98. The van der Waals surface area contributed by atoms with Gasteiger partial charge in [-0.05, 0) is 18.4 Å². The predicted octanol–water partition coefficient (Wildman–Crippen LogP) is 1.15. The third-order valence-electron chi connectivity index (χ3n) is 1.75. The smallest absolute Gasteiger partial charge is 0.356 e. The van der Waals surface area contributed by atoms with E-state index in [1.165, 1.54) is 22.3 Å². The van der Waals surface area contributed by atoms with Crippen LogP contribution in [-0.4, -0.2) is 31.9 Å². The minimum Gasteiger partial charge on any atom is -0.476 e. The van der Waals surface area contributed by atoms with Gasteiger partial charge in [0.05, 0.1) is 5.52 Å². The predicted molar refractivity (Wildman–Crippen MR) is 51.7 cm³/mol. The van der Waals surface area contributed by atoms with Crippen LogP contribution in [0.4, 0.5) is 0 Å². The highest BCUT2D eigenvalue weighted by Gasteiger charge is 2.10. The van der Waals surface area contributed by atoms with E-state index in [-0.39, 0.29) is 5.69 Å². The first-order chi connectivity index (χ1) is 6.72. The number of hydrogen-bond donors (Lipinski definition) is 1. The molecule has 0 amide bonds. The maximum Gasteiger partial charge on any atom is 0.356 e. The van der Waals surface area contributed by atoms with Crippen LogP contribution in [0.2, 0.25) is 0 Å². The molecule has 0 radical (unpaired) electrons. The summed E-state index contributed by atoms with van der Waals surface area (Å²) in [5.41, 5.74) is 0.773. The van der Waals surface area contributed by atoms with E-state index in [1.807, 2.05) is 6.26 Å². The minimum absolute atomic E-state index is 0.0355. The molecule has 2 heterocycles. The van der Waals surface area contributed by atoms with Crippen molar-refractivity contribution in [2.24, 2.45) is 0 Å². The van der Waals surface area contributed by atoms with Crippen molar-refractivity contribution in [2.75, 3.05) is 6.26 Å². The van der Waals surface area contributed by atoms with Crippen LogP contribution in [0, 0.1) is 0 Å². The lowest BCUT2D eigenvalue weighted by molar-refractivity contribution is 0.0690. The number of rotatable bonds is 2. The van der Waals surface area contributed by atoms with Gasteiger partial charge >= 0.3 is 5.97 Å². The van der Waals surface area contributed by atoms with Crippen molar-refractivity contribution in [3.05, 3.63) is 24.0 Å². The van der Waals surface area contributed by atoms with Gasteiger partial charge in [0.1, 0.15) is 0 Å². The molecule has 0 aromatic carbocycles. The second-order valence-corrected chi connectivity index (χ2v) is 3.38. The maximum atomic E-state index is 10.7. The van der Waals surface area contributed by atoms with Gasteiger partial charge in [0.25, 0.3) is 0 Å². The molecule has 0 fully saturated rings. The zero-order chi connectivity index (χ0) is 10.1. The van der Waals surface area contributed by atoms with Crippen LogP contribution in [0.1, 0.15) is 10.5 Å². The number of aromatic carboxylic acids is 1. The van der Waals surface area contributed by atoms with Crippen molar-refractivity contribution in [1.29, 1.82) is 0 Å². The van der Waals surface area contributed by atoms with E-state index < -0.39 is 5.97 Å². The summed E-state index contributed by atoms with van der Waals surface area (Å²) in [7, 11) is 0. The minimum atomic E-state index is -1.03. The molecule has 1 N–H and O–H groups in total. The largest absolute Gasteiger partial charge is 0.476 e. The lowest BCUT2D eigenvalue weighted by atomic mass is 10.4. The van der Waals surface area contributed by atoms with Crippen molar-refractivity contribution < 1.29 is 9.90 Å². The number of carboxylic acid groups (broad SMARTS) is 1. The molecule has 0 atom stereocenters. The number of carboxylic acids is 1. The van der Waals surface area contributed by atoms with Gasteiger partial charge < -0.3 is 5.11 Å². The van der Waals surface area contributed by atoms with Gasteiger partial charge in [0.2, 0.25) is 0 Å². The van der Waals surface area contributed by atoms with Gasteiger partial charge in [-0.3, -0.25) is 0 Å². The number of thioether (sulfide) groups is 1. The lowest BCUT2D eigenvalue weighted by Gasteiger charge is -1.97. The number of fused-ring (bicyclic) bond motifs is 1. The first-order valence-corrected chi connectivity index (χ1v) is 5.07. The molecule has 0 aliphatic heterocycles. The topological polar surface area (TPSA) is 67.5 Å². The van der Waals surface area contributed by atoms with Gasteiger partial charge in [-0.25, -0.2) is 14.3 Å². The second kappa shape index (κ2) is 3.30. The summed E-state index contributed by atoms with van der Waals surface area (Å²) in [4.78, 5) is 14.7. The fourth-order valence-electron chi connectivity index (χ4n) is 1.14. The first kappa shape index (κ1) is 9.01. The number of aromatic nitrogens is 3. The fourth-order valence-corrected chi connectivity index (χ4v) is 1.63. The van der Waals surface area contributed by atoms with Gasteiger partial charge in [0.15, 0.2) is 10.9 Å². The average Bonchev–Trinajstić information content (AvgIpc) is 2.60. The monoisotopic (exact) mass is 209 g/mol. The molecule has 2 aromatic heterocycles. The maximum absolute atomic E-state index is 10.7. The Balaban J connectivity index is 2.70. The summed E-state index contributed by atoms with van der Waals surface area (Å²) in [6, 6.07) is 3.24. The summed E-state index contributed by atoms with van der Waals surface area (Å²) in [6.07, 6.45) is 3.50. The quantitative estimate of drug-likeness (QED) is 0.593. The molecule has 6 heteroatoms. The Bertz CT molecular complexity index is 494. The summed E-state index contributed by atoms with van der Waals surface area (Å²) in [5, 5.41) is 13.3. The number of nitrogens with zero attached hydrogens (tertiary/aromatic N) is 3. The molecule has 0 spiro atoms. The zero-order valence-electron chi connectivity index (χ0n) is 7.34. The Kier molecular flexibility index (Phi) is 2.12. The van der Waals surface area contributed by atoms with Crippen molar-refractivity contribution >= 4 is 23.2 Å². The van der Waals surface area contributed by atoms with Crippen LogP contribution in [0.25, 0.3) is 5.52 Å². The van der Waals surface area contributed by atoms with Crippen LogP contribution < -0.4 is 0 Å². The molecule has 14 heavy (non-hydrogen) atoms. The molecule has 72 valence electrons. The summed E-state index contributed by atoms with van der Waals surface area (Å²) >= 11 is 1.42. The molecule has 2 aromatic rings. The lowest BCUT2D eigenvalue weighted by Crippen LogP contribution is -1.99. The summed E-state index contributed by atoms with van der Waals surface area (Å²) in [6.45, 7) is 0. The van der Waals surface area contributed by atoms with E-state index in [4.69, 9.17) is 5.11 Å². The third-order valence-corrected chi connectivity index (χ3v) is 2.39. The van der Waals surface area contributed by atoms with Gasteiger partial charge in [0, 0.05) is 6.20 Å². The Morgan fingerprint density at radius 1 is 1.64 bits per heavy atom.